The molecular formula is C16H25ClN2O2. The predicted octanol–water partition coefficient (Wildman–Crippen LogP) is 2.20. The lowest BCUT2D eigenvalue weighted by Crippen LogP contribution is -2.48. The van der Waals surface area contributed by atoms with Crippen LogP contribution in [0.5, 0.6) is 5.75 Å². The third-order valence-corrected chi connectivity index (χ3v) is 4.05. The third-order valence-electron chi connectivity index (χ3n) is 3.69. The number of β-amino-alcohol motifs (C(OH)–C–C–N with tert-alkyl or cyclic N) is 1. The Morgan fingerprint density at radius 2 is 1.86 bits per heavy atom. The van der Waals surface area contributed by atoms with E-state index in [1.54, 1.807) is 0 Å². The van der Waals surface area contributed by atoms with Crippen molar-refractivity contribution in [2.75, 3.05) is 50.1 Å². The van der Waals surface area contributed by atoms with Gasteiger partial charge in [-0.3, -0.25) is 4.90 Å². The summed E-state index contributed by atoms with van der Waals surface area (Å²) in [4.78, 5) is 4.63. The number of benzene rings is 1. The van der Waals surface area contributed by atoms with Gasteiger partial charge in [0, 0.05) is 44.3 Å². The molecule has 1 saturated heterocycles. The summed E-state index contributed by atoms with van der Waals surface area (Å²) in [6.45, 7) is 7.41. The molecule has 4 nitrogen and oxygen atoms in total. The van der Waals surface area contributed by atoms with Gasteiger partial charge in [0.15, 0.2) is 0 Å². The molecule has 21 heavy (non-hydrogen) atoms. The highest BCUT2D eigenvalue weighted by molar-refractivity contribution is 6.18. The van der Waals surface area contributed by atoms with E-state index in [0.29, 0.717) is 12.4 Å². The van der Waals surface area contributed by atoms with Gasteiger partial charge in [-0.15, -0.1) is 11.6 Å². The summed E-state index contributed by atoms with van der Waals surface area (Å²) in [5.41, 5.74) is 1.23. The van der Waals surface area contributed by atoms with E-state index in [-0.39, 0.29) is 0 Å². The smallest absolute Gasteiger partial charge is 0.119 e. The van der Waals surface area contributed by atoms with Crippen LogP contribution in [-0.2, 0) is 0 Å². The van der Waals surface area contributed by atoms with Gasteiger partial charge in [-0.2, -0.15) is 0 Å². The minimum Gasteiger partial charge on any atom is -0.494 e. The number of aliphatic hydroxyl groups excluding tert-OH is 1. The second-order valence-corrected chi connectivity index (χ2v) is 5.75. The Morgan fingerprint density at radius 1 is 1.19 bits per heavy atom. The highest BCUT2D eigenvalue weighted by Gasteiger charge is 2.19. The van der Waals surface area contributed by atoms with E-state index in [1.165, 1.54) is 5.69 Å². The summed E-state index contributed by atoms with van der Waals surface area (Å²) in [5.74, 6) is 1.24. The van der Waals surface area contributed by atoms with Crippen LogP contribution in [0.3, 0.4) is 0 Å². The van der Waals surface area contributed by atoms with E-state index in [1.807, 2.05) is 12.1 Å². The van der Waals surface area contributed by atoms with E-state index in [2.05, 4.69) is 28.9 Å². The molecule has 0 amide bonds. The molecule has 1 aromatic carbocycles. The molecule has 1 fully saturated rings. The van der Waals surface area contributed by atoms with Gasteiger partial charge in [-0.25, -0.2) is 0 Å². The molecule has 1 N–H and O–H groups in total. The summed E-state index contributed by atoms with van der Waals surface area (Å²) >= 11 is 5.65. The molecule has 1 aromatic rings. The standard InChI is InChI=1S/C16H25ClN2O2/c1-2-11-21-16-5-3-14(4-6-16)19-9-7-18(8-10-19)13-15(20)12-17/h3-6,15,20H,2,7-13H2,1H3. The molecule has 0 radical (unpaired) electrons. The molecule has 118 valence electrons. The maximum Gasteiger partial charge on any atom is 0.119 e. The molecule has 0 aliphatic carbocycles. The Hall–Kier alpha value is -0.970. The zero-order valence-electron chi connectivity index (χ0n) is 12.7. The van der Waals surface area contributed by atoms with Crippen LogP contribution in [0.15, 0.2) is 24.3 Å². The molecular weight excluding hydrogens is 288 g/mol. The van der Waals surface area contributed by atoms with Crippen molar-refractivity contribution in [3.63, 3.8) is 0 Å². The van der Waals surface area contributed by atoms with Gasteiger partial charge >= 0.3 is 0 Å². The number of aliphatic hydroxyl groups is 1. The van der Waals surface area contributed by atoms with Crippen molar-refractivity contribution >= 4 is 17.3 Å². The molecule has 1 aliphatic rings. The maximum absolute atomic E-state index is 9.59. The van der Waals surface area contributed by atoms with Crippen LogP contribution < -0.4 is 9.64 Å². The Bertz CT molecular complexity index is 405. The van der Waals surface area contributed by atoms with Gasteiger partial charge in [-0.05, 0) is 30.7 Å². The minimum absolute atomic E-state index is 0.305. The Morgan fingerprint density at radius 3 is 2.43 bits per heavy atom. The van der Waals surface area contributed by atoms with Gasteiger partial charge in [0.2, 0.25) is 0 Å². The zero-order valence-corrected chi connectivity index (χ0v) is 13.4. The lowest BCUT2D eigenvalue weighted by molar-refractivity contribution is 0.125. The van der Waals surface area contributed by atoms with Gasteiger partial charge < -0.3 is 14.7 Å². The van der Waals surface area contributed by atoms with Crippen LogP contribution >= 0.6 is 11.6 Å². The summed E-state index contributed by atoms with van der Waals surface area (Å²) in [5, 5.41) is 9.59. The number of rotatable bonds is 7. The van der Waals surface area contributed by atoms with Crippen molar-refractivity contribution in [1.82, 2.24) is 4.90 Å². The van der Waals surface area contributed by atoms with E-state index in [4.69, 9.17) is 16.3 Å². The molecule has 2 rings (SSSR count). The van der Waals surface area contributed by atoms with E-state index in [9.17, 15) is 5.11 Å². The molecule has 0 spiro atoms. The van der Waals surface area contributed by atoms with E-state index >= 15 is 0 Å². The SMILES string of the molecule is CCCOc1ccc(N2CCN(CC(O)CCl)CC2)cc1. The number of piperazine rings is 1. The number of hydrogen-bond acceptors (Lipinski definition) is 4. The largest absolute Gasteiger partial charge is 0.494 e. The van der Waals surface area contributed by atoms with Crippen molar-refractivity contribution < 1.29 is 9.84 Å². The number of hydrogen-bond donors (Lipinski definition) is 1. The van der Waals surface area contributed by atoms with Gasteiger partial charge in [0.1, 0.15) is 5.75 Å². The number of anilines is 1. The summed E-state index contributed by atoms with van der Waals surface area (Å²) in [7, 11) is 0. The second kappa shape index (κ2) is 8.47. The minimum atomic E-state index is -0.423. The molecule has 0 saturated carbocycles. The quantitative estimate of drug-likeness (QED) is 0.783. The van der Waals surface area contributed by atoms with Crippen molar-refractivity contribution in [3.8, 4) is 5.75 Å². The molecule has 0 aromatic heterocycles. The summed E-state index contributed by atoms with van der Waals surface area (Å²) in [6.07, 6.45) is 0.603. The number of nitrogens with zero attached hydrogens (tertiary/aromatic N) is 2. The average Bonchev–Trinajstić information content (AvgIpc) is 2.54. The zero-order chi connectivity index (χ0) is 15.1. The lowest BCUT2D eigenvalue weighted by atomic mass is 10.2. The van der Waals surface area contributed by atoms with Crippen LogP contribution in [0.2, 0.25) is 0 Å². The van der Waals surface area contributed by atoms with Crippen LogP contribution in [0.1, 0.15) is 13.3 Å². The third kappa shape index (κ3) is 5.06. The van der Waals surface area contributed by atoms with Crippen molar-refractivity contribution in [2.24, 2.45) is 0 Å². The number of alkyl halides is 1. The van der Waals surface area contributed by atoms with Gasteiger partial charge in [0.05, 0.1) is 12.7 Å². The number of ether oxygens (including phenoxy) is 1. The molecule has 5 heteroatoms. The second-order valence-electron chi connectivity index (χ2n) is 5.44. The fraction of sp³-hybridized carbons (Fsp3) is 0.625. The van der Waals surface area contributed by atoms with E-state index in [0.717, 1.165) is 45.0 Å². The Kier molecular flexibility index (Phi) is 6.61. The highest BCUT2D eigenvalue weighted by atomic mass is 35.5. The van der Waals surface area contributed by atoms with Gasteiger partial charge in [0.25, 0.3) is 0 Å². The molecule has 1 aliphatic heterocycles. The van der Waals surface area contributed by atoms with Crippen LogP contribution in [-0.4, -0.2) is 61.3 Å². The fourth-order valence-corrected chi connectivity index (χ4v) is 2.61. The Balaban J connectivity index is 1.81. The lowest BCUT2D eigenvalue weighted by Gasteiger charge is -2.36. The first kappa shape index (κ1) is 16.4. The fourth-order valence-electron chi connectivity index (χ4n) is 2.51. The van der Waals surface area contributed by atoms with Crippen molar-refractivity contribution in [1.29, 1.82) is 0 Å². The Labute approximate surface area is 132 Å². The van der Waals surface area contributed by atoms with Crippen LogP contribution in [0.25, 0.3) is 0 Å². The molecule has 1 atom stereocenters. The van der Waals surface area contributed by atoms with Crippen LogP contribution in [0, 0.1) is 0 Å². The first-order valence-corrected chi connectivity index (χ1v) is 8.20. The highest BCUT2D eigenvalue weighted by Crippen LogP contribution is 2.21. The van der Waals surface area contributed by atoms with Crippen LogP contribution in [0.4, 0.5) is 5.69 Å². The first-order valence-electron chi connectivity index (χ1n) is 7.67. The topological polar surface area (TPSA) is 35.9 Å². The maximum atomic E-state index is 9.59. The monoisotopic (exact) mass is 312 g/mol. The van der Waals surface area contributed by atoms with Crippen molar-refractivity contribution in [2.45, 2.75) is 19.4 Å². The molecule has 1 unspecified atom stereocenters. The molecule has 0 bridgehead atoms. The normalized spacial score (nSPS) is 17.8. The predicted molar refractivity (Wildman–Crippen MR) is 87.6 cm³/mol. The first-order chi connectivity index (χ1) is 10.2. The van der Waals surface area contributed by atoms with Crippen molar-refractivity contribution in [3.05, 3.63) is 24.3 Å². The summed E-state index contributed by atoms with van der Waals surface area (Å²) in [6, 6.07) is 8.31. The van der Waals surface area contributed by atoms with E-state index < -0.39 is 6.10 Å². The summed E-state index contributed by atoms with van der Waals surface area (Å²) < 4.78 is 5.60. The molecule has 1 heterocycles. The van der Waals surface area contributed by atoms with Gasteiger partial charge in [-0.1, -0.05) is 6.92 Å². The average molecular weight is 313 g/mol. The number of halogens is 1.